The van der Waals surface area contributed by atoms with E-state index in [1.807, 2.05) is 5.32 Å². The van der Waals surface area contributed by atoms with Gasteiger partial charge in [0.15, 0.2) is 0 Å². The molecule has 0 saturated carbocycles. The zero-order chi connectivity index (χ0) is 23.5. The van der Waals surface area contributed by atoms with E-state index in [4.69, 9.17) is 4.74 Å². The van der Waals surface area contributed by atoms with Crippen LogP contribution in [0.1, 0.15) is 71.1 Å². The quantitative estimate of drug-likeness (QED) is 0.175. The first-order chi connectivity index (χ1) is 14.5. The van der Waals surface area contributed by atoms with Crippen LogP contribution in [0.4, 0.5) is 0 Å². The lowest BCUT2D eigenvalue weighted by atomic mass is 10.1. The molecule has 2 aliphatic rings. The molecule has 12 heteroatoms. The van der Waals surface area contributed by atoms with Crippen LogP contribution >= 0.6 is 0 Å². The van der Waals surface area contributed by atoms with Crippen LogP contribution in [-0.4, -0.2) is 47.5 Å². The Bertz CT molecular complexity index is 819. The van der Waals surface area contributed by atoms with E-state index in [2.05, 4.69) is 6.92 Å². The predicted molar refractivity (Wildman–Crippen MR) is 108 cm³/mol. The van der Waals surface area contributed by atoms with Gasteiger partial charge in [-0.1, -0.05) is 51.9 Å². The summed E-state index contributed by atoms with van der Waals surface area (Å²) >= 11 is 0. The van der Waals surface area contributed by atoms with Gasteiger partial charge in [-0.05, 0) is 6.42 Å². The zero-order valence-corrected chi connectivity index (χ0v) is 18.2. The van der Waals surface area contributed by atoms with Crippen molar-refractivity contribution in [3.8, 4) is 0 Å². The number of imide groups is 2. The first kappa shape index (κ1) is 26.4. The number of hydrogen-bond acceptors (Lipinski definition) is 8. The highest BCUT2D eigenvalue weighted by Gasteiger charge is 2.60. The Morgan fingerprint density at radius 3 is 1.87 bits per heavy atom. The van der Waals surface area contributed by atoms with Crippen molar-refractivity contribution in [2.75, 3.05) is 0 Å². The number of hydrogen-bond donors (Lipinski definition) is 3. The Hall–Kier alpha value is -2.60. The summed E-state index contributed by atoms with van der Waals surface area (Å²) in [5.41, 5.74) is 0. The monoisotopic (exact) mass is 460 g/mol. The van der Waals surface area contributed by atoms with Gasteiger partial charge in [0.25, 0.3) is 17.7 Å². The second-order valence-corrected chi connectivity index (χ2v) is 8.78. The maximum absolute atomic E-state index is 11.8. The minimum absolute atomic E-state index is 0.0757. The maximum Gasteiger partial charge on any atom is 0.322 e. The van der Waals surface area contributed by atoms with E-state index in [9.17, 15) is 36.9 Å². The van der Waals surface area contributed by atoms with Crippen molar-refractivity contribution in [2.24, 2.45) is 0 Å². The minimum atomic E-state index is -5.07. The second kappa shape index (κ2) is 12.3. The molecule has 1 saturated heterocycles. The molecule has 174 valence electrons. The molecule has 4 amide bonds. The fourth-order valence-corrected chi connectivity index (χ4v) is 3.69. The van der Waals surface area contributed by atoms with Gasteiger partial charge in [-0.25, -0.2) is 0 Å². The summed E-state index contributed by atoms with van der Waals surface area (Å²) in [7, 11) is -5.07. The third kappa shape index (κ3) is 8.58. The van der Waals surface area contributed by atoms with E-state index in [1.54, 1.807) is 5.32 Å². The lowest BCUT2D eigenvalue weighted by molar-refractivity contribution is -0.158. The van der Waals surface area contributed by atoms with Crippen LogP contribution in [0, 0.1) is 0 Å². The molecule has 1 unspecified atom stereocenters. The molecule has 0 aliphatic carbocycles. The highest BCUT2D eigenvalue weighted by atomic mass is 32.2. The number of unbranched alkanes of at least 4 members (excludes halogenated alkanes) is 7. The molecule has 0 bridgehead atoms. The van der Waals surface area contributed by atoms with E-state index in [1.165, 1.54) is 31.4 Å². The van der Waals surface area contributed by atoms with Crippen LogP contribution in [0.2, 0.25) is 0 Å². The lowest BCUT2D eigenvalue weighted by Gasteiger charge is -2.21. The van der Waals surface area contributed by atoms with Crippen molar-refractivity contribution in [1.29, 1.82) is 0 Å². The third-order valence-corrected chi connectivity index (χ3v) is 5.80. The van der Waals surface area contributed by atoms with Crippen LogP contribution < -0.4 is 10.6 Å². The Balaban J connectivity index is 0.000000577. The van der Waals surface area contributed by atoms with Crippen molar-refractivity contribution in [3.63, 3.8) is 0 Å². The molecule has 1 fully saturated rings. The minimum Gasteiger partial charge on any atom is -0.429 e. The summed E-state index contributed by atoms with van der Waals surface area (Å²) in [5, 5.41) is 3.75. The Labute approximate surface area is 180 Å². The average Bonchev–Trinajstić information content (AvgIpc) is 3.18. The molecule has 2 heterocycles. The summed E-state index contributed by atoms with van der Waals surface area (Å²) in [6.07, 6.45) is 9.43. The Morgan fingerprint density at radius 1 is 0.968 bits per heavy atom. The zero-order valence-electron chi connectivity index (χ0n) is 17.3. The molecule has 2 aliphatic heterocycles. The number of nitrogens with one attached hydrogen (secondary N) is 2. The number of carbonyl (C=O) groups is 5. The fourth-order valence-electron chi connectivity index (χ4n) is 2.90. The largest absolute Gasteiger partial charge is 0.429 e. The van der Waals surface area contributed by atoms with E-state index in [-0.39, 0.29) is 18.2 Å². The van der Waals surface area contributed by atoms with Gasteiger partial charge >= 0.3 is 21.0 Å². The number of esters is 1. The lowest BCUT2D eigenvalue weighted by Crippen LogP contribution is -2.49. The van der Waals surface area contributed by atoms with Crippen LogP contribution in [0.25, 0.3) is 0 Å². The van der Waals surface area contributed by atoms with Gasteiger partial charge in [0.2, 0.25) is 5.91 Å². The van der Waals surface area contributed by atoms with E-state index < -0.39 is 39.3 Å². The Kier molecular flexibility index (Phi) is 10.5. The van der Waals surface area contributed by atoms with Gasteiger partial charge < -0.3 is 4.74 Å². The molecular weight excluding hydrogens is 432 g/mol. The van der Waals surface area contributed by atoms with Crippen molar-refractivity contribution in [1.82, 2.24) is 10.6 Å². The summed E-state index contributed by atoms with van der Waals surface area (Å²) in [4.78, 5) is 51.9. The van der Waals surface area contributed by atoms with Crippen LogP contribution in [0.3, 0.4) is 0 Å². The van der Waals surface area contributed by atoms with Gasteiger partial charge in [-0.2, -0.15) is 8.42 Å². The molecule has 3 N–H and O–H groups in total. The molecule has 0 aromatic rings. The maximum atomic E-state index is 11.8. The van der Waals surface area contributed by atoms with E-state index in [0.717, 1.165) is 25.7 Å². The fraction of sp³-hybridized carbons (Fsp3) is 0.632. The van der Waals surface area contributed by atoms with Gasteiger partial charge in [0.1, 0.15) is 0 Å². The van der Waals surface area contributed by atoms with Gasteiger partial charge in [-0.15, -0.1) is 0 Å². The molecule has 11 nitrogen and oxygen atoms in total. The van der Waals surface area contributed by atoms with Gasteiger partial charge in [-0.3, -0.25) is 39.2 Å². The Morgan fingerprint density at radius 2 is 1.48 bits per heavy atom. The molecule has 1 atom stereocenters. The number of amides is 4. The number of rotatable bonds is 11. The highest BCUT2D eigenvalue weighted by molar-refractivity contribution is 7.88. The normalized spacial score (nSPS) is 20.2. The SMILES string of the molecule is CCCCCCCCCCC(=O)OC1(S(=O)(=O)O)CC(=O)NC1=O.O=C1C=CC(=O)N1. The summed E-state index contributed by atoms with van der Waals surface area (Å²) in [6, 6.07) is 0. The number of carbonyl (C=O) groups excluding carboxylic acids is 5. The predicted octanol–water partition coefficient (Wildman–Crippen LogP) is 0.890. The highest BCUT2D eigenvalue weighted by Crippen LogP contribution is 2.28. The van der Waals surface area contributed by atoms with Gasteiger partial charge in [0.05, 0.1) is 6.42 Å². The molecule has 2 rings (SSSR count). The van der Waals surface area contributed by atoms with Gasteiger partial charge in [0, 0.05) is 18.6 Å². The van der Waals surface area contributed by atoms with Crippen LogP contribution in [0.15, 0.2) is 12.2 Å². The molecule has 0 radical (unpaired) electrons. The van der Waals surface area contributed by atoms with E-state index in [0.29, 0.717) is 6.42 Å². The topological polar surface area (TPSA) is 173 Å². The van der Waals surface area contributed by atoms with Crippen molar-refractivity contribution in [2.45, 2.75) is 76.1 Å². The summed E-state index contributed by atoms with van der Waals surface area (Å²) < 4.78 is 36.7. The van der Waals surface area contributed by atoms with Crippen LogP contribution in [-0.2, 0) is 38.8 Å². The summed E-state index contributed by atoms with van der Waals surface area (Å²) in [6.45, 7) is 2.14. The average molecular weight is 461 g/mol. The molecule has 0 aromatic carbocycles. The van der Waals surface area contributed by atoms with E-state index >= 15 is 0 Å². The smallest absolute Gasteiger partial charge is 0.322 e. The first-order valence-electron chi connectivity index (χ1n) is 10.1. The summed E-state index contributed by atoms with van der Waals surface area (Å²) in [5.74, 6) is -3.84. The van der Waals surface area contributed by atoms with Crippen molar-refractivity contribution < 1.29 is 41.7 Å². The van der Waals surface area contributed by atoms with Crippen molar-refractivity contribution >= 4 is 39.7 Å². The number of ether oxygens (including phenoxy) is 1. The molecule has 31 heavy (non-hydrogen) atoms. The molecular formula is C19H28N2O9S. The third-order valence-electron chi connectivity index (χ3n) is 4.55. The van der Waals surface area contributed by atoms with Crippen molar-refractivity contribution in [3.05, 3.63) is 12.2 Å². The molecule has 0 aromatic heterocycles. The first-order valence-corrected chi connectivity index (χ1v) is 11.5. The van der Waals surface area contributed by atoms with Crippen LogP contribution in [0.5, 0.6) is 0 Å². The molecule has 0 spiro atoms. The second-order valence-electron chi connectivity index (χ2n) is 7.17. The standard InChI is InChI=1S/C15H25NO7S.C4H3NO2/c1-2-3-4-5-6-7-8-9-10-13(18)23-15(24(20,21)22)11-12(17)16-14(15)19;6-3-1-2-4(7)5-3/h2-11H2,1H3,(H,16,17,19)(H,20,21,22);1-2H,(H,5,6,7).